The van der Waals surface area contributed by atoms with Gasteiger partial charge < -0.3 is 20.1 Å². The second-order valence-corrected chi connectivity index (χ2v) is 4.53. The Morgan fingerprint density at radius 2 is 2.10 bits per heavy atom. The number of ether oxygens (including phenoxy) is 2. The molecule has 1 unspecified atom stereocenters. The molecule has 112 valence electrons. The van der Waals surface area contributed by atoms with E-state index in [-0.39, 0.29) is 17.6 Å². The third-order valence-corrected chi connectivity index (χ3v) is 2.98. The van der Waals surface area contributed by atoms with Crippen molar-refractivity contribution < 1.29 is 18.7 Å². The monoisotopic (exact) mass is 284 g/mol. The normalized spacial score (nSPS) is 12.2. The minimum Gasteiger partial charge on any atom is -0.396 e. The molecule has 0 heterocycles. The fourth-order valence-corrected chi connectivity index (χ4v) is 1.89. The molecule has 5 nitrogen and oxygen atoms in total. The Bertz CT molecular complexity index is 454. The topological polar surface area (TPSA) is 64.8 Å². The van der Waals surface area contributed by atoms with Gasteiger partial charge in [-0.1, -0.05) is 0 Å². The zero-order valence-electron chi connectivity index (χ0n) is 12.1. The molecule has 1 rings (SSSR count). The van der Waals surface area contributed by atoms with Gasteiger partial charge in [0.1, 0.15) is 5.82 Å². The summed E-state index contributed by atoms with van der Waals surface area (Å²) in [6.07, 6.45) is 0. The first kappa shape index (κ1) is 16.4. The maximum atomic E-state index is 13.2. The molecule has 20 heavy (non-hydrogen) atoms. The predicted molar refractivity (Wildman–Crippen MR) is 75.1 cm³/mol. The molecular weight excluding hydrogens is 263 g/mol. The Morgan fingerprint density at radius 1 is 1.40 bits per heavy atom. The van der Waals surface area contributed by atoms with Gasteiger partial charge in [0.2, 0.25) is 0 Å². The molecule has 0 aliphatic rings. The van der Waals surface area contributed by atoms with Crippen LogP contribution in [0.15, 0.2) is 18.2 Å². The smallest absolute Gasteiger partial charge is 0.254 e. The van der Waals surface area contributed by atoms with Crippen molar-refractivity contribution >= 4 is 11.6 Å². The minimum absolute atomic E-state index is 0.0399. The van der Waals surface area contributed by atoms with E-state index in [0.717, 1.165) is 0 Å². The molecule has 0 spiro atoms. The van der Waals surface area contributed by atoms with Crippen molar-refractivity contribution in [3.63, 3.8) is 0 Å². The minimum atomic E-state index is -0.532. The molecule has 0 aromatic heterocycles. The molecule has 2 N–H and O–H groups in total. The third-order valence-electron chi connectivity index (χ3n) is 2.98. The highest BCUT2D eigenvalue weighted by molar-refractivity contribution is 5.95. The number of carbonyl (C=O) groups is 1. The van der Waals surface area contributed by atoms with Crippen molar-refractivity contribution in [2.75, 3.05) is 39.7 Å². The number of amides is 1. The van der Waals surface area contributed by atoms with E-state index >= 15 is 0 Å². The average molecular weight is 284 g/mol. The highest BCUT2D eigenvalue weighted by Gasteiger charge is 2.21. The van der Waals surface area contributed by atoms with Gasteiger partial charge in [0.25, 0.3) is 5.91 Å². The molecule has 0 radical (unpaired) electrons. The van der Waals surface area contributed by atoms with Crippen molar-refractivity contribution in [3.05, 3.63) is 29.6 Å². The number of methoxy groups -OCH3 is 2. The summed E-state index contributed by atoms with van der Waals surface area (Å²) < 4.78 is 23.2. The van der Waals surface area contributed by atoms with Crippen LogP contribution in [-0.2, 0) is 9.47 Å². The van der Waals surface area contributed by atoms with Crippen LogP contribution in [0.1, 0.15) is 17.3 Å². The molecule has 1 atom stereocenters. The number of rotatable bonds is 7. The Hall–Kier alpha value is -1.66. The fourth-order valence-electron chi connectivity index (χ4n) is 1.89. The van der Waals surface area contributed by atoms with E-state index in [1.54, 1.807) is 19.1 Å². The van der Waals surface area contributed by atoms with Crippen molar-refractivity contribution in [2.24, 2.45) is 0 Å². The van der Waals surface area contributed by atoms with Crippen LogP contribution in [0.5, 0.6) is 0 Å². The molecule has 1 amide bonds. The molecule has 0 saturated carbocycles. The van der Waals surface area contributed by atoms with Crippen LogP contribution in [0, 0.1) is 5.82 Å². The van der Waals surface area contributed by atoms with Crippen LogP contribution in [0.25, 0.3) is 0 Å². The zero-order chi connectivity index (χ0) is 15.1. The Kier molecular flexibility index (Phi) is 6.41. The summed E-state index contributed by atoms with van der Waals surface area (Å²) >= 11 is 0. The average Bonchev–Trinajstić information content (AvgIpc) is 2.42. The maximum absolute atomic E-state index is 13.2. The van der Waals surface area contributed by atoms with Gasteiger partial charge in [0.15, 0.2) is 0 Å². The van der Waals surface area contributed by atoms with Crippen molar-refractivity contribution in [1.82, 2.24) is 4.90 Å². The number of halogens is 1. The van der Waals surface area contributed by atoms with Crippen molar-refractivity contribution in [2.45, 2.75) is 13.0 Å². The lowest BCUT2D eigenvalue weighted by molar-refractivity contribution is 0.0479. The van der Waals surface area contributed by atoms with Gasteiger partial charge in [-0.05, 0) is 25.1 Å². The van der Waals surface area contributed by atoms with Gasteiger partial charge in [-0.25, -0.2) is 4.39 Å². The van der Waals surface area contributed by atoms with Gasteiger partial charge in [-0.3, -0.25) is 4.79 Å². The summed E-state index contributed by atoms with van der Waals surface area (Å²) in [6.45, 7) is 3.13. The quantitative estimate of drug-likeness (QED) is 0.771. The summed E-state index contributed by atoms with van der Waals surface area (Å²) in [4.78, 5) is 14.1. The standard InChI is InChI=1S/C14H21FN2O3/c1-10(9-20-3)17(6-7-19-2)14(18)11-4-5-12(15)13(16)8-11/h4-5,8,10H,6-7,9,16H2,1-3H3. The predicted octanol–water partition coefficient (Wildman–Crippen LogP) is 1.53. The van der Waals surface area contributed by atoms with E-state index < -0.39 is 5.82 Å². The number of nitrogens with two attached hydrogens (primary N) is 1. The second kappa shape index (κ2) is 7.81. The Labute approximate surface area is 118 Å². The number of benzene rings is 1. The van der Waals surface area contributed by atoms with E-state index in [9.17, 15) is 9.18 Å². The van der Waals surface area contributed by atoms with E-state index in [1.165, 1.54) is 18.2 Å². The molecular formula is C14H21FN2O3. The van der Waals surface area contributed by atoms with Gasteiger partial charge in [0, 0.05) is 26.3 Å². The van der Waals surface area contributed by atoms with Crippen LogP contribution in [0.2, 0.25) is 0 Å². The number of anilines is 1. The molecule has 0 saturated heterocycles. The van der Waals surface area contributed by atoms with Crippen LogP contribution < -0.4 is 5.73 Å². The number of hydrogen-bond acceptors (Lipinski definition) is 4. The summed E-state index contributed by atoms with van der Waals surface area (Å²) in [7, 11) is 3.14. The molecule has 1 aromatic rings. The summed E-state index contributed by atoms with van der Waals surface area (Å²) in [5, 5.41) is 0. The van der Waals surface area contributed by atoms with Crippen molar-refractivity contribution in [1.29, 1.82) is 0 Å². The number of hydrogen-bond donors (Lipinski definition) is 1. The first-order valence-electron chi connectivity index (χ1n) is 6.35. The lowest BCUT2D eigenvalue weighted by Gasteiger charge is -2.28. The van der Waals surface area contributed by atoms with E-state index in [4.69, 9.17) is 15.2 Å². The highest BCUT2D eigenvalue weighted by atomic mass is 19.1. The molecule has 0 aliphatic carbocycles. The lowest BCUT2D eigenvalue weighted by Crippen LogP contribution is -2.43. The molecule has 0 fully saturated rings. The fraction of sp³-hybridized carbons (Fsp3) is 0.500. The Balaban J connectivity index is 2.93. The number of nitrogen functional groups attached to an aromatic ring is 1. The van der Waals surface area contributed by atoms with Crippen molar-refractivity contribution in [3.8, 4) is 0 Å². The zero-order valence-corrected chi connectivity index (χ0v) is 12.1. The van der Waals surface area contributed by atoms with Crippen LogP contribution in [0.3, 0.4) is 0 Å². The molecule has 0 bridgehead atoms. The van der Waals surface area contributed by atoms with E-state index in [0.29, 0.717) is 25.3 Å². The second-order valence-electron chi connectivity index (χ2n) is 4.53. The molecule has 0 aliphatic heterocycles. The maximum Gasteiger partial charge on any atom is 0.254 e. The highest BCUT2D eigenvalue weighted by Crippen LogP contribution is 2.15. The lowest BCUT2D eigenvalue weighted by atomic mass is 10.1. The summed E-state index contributed by atoms with van der Waals surface area (Å²) in [5.74, 6) is -0.756. The van der Waals surface area contributed by atoms with Crippen LogP contribution in [-0.4, -0.2) is 50.8 Å². The van der Waals surface area contributed by atoms with Gasteiger partial charge in [-0.2, -0.15) is 0 Å². The largest absolute Gasteiger partial charge is 0.396 e. The third kappa shape index (κ3) is 4.18. The number of carbonyl (C=O) groups excluding carboxylic acids is 1. The van der Waals surface area contributed by atoms with Crippen LogP contribution in [0.4, 0.5) is 10.1 Å². The van der Waals surface area contributed by atoms with Crippen LogP contribution >= 0.6 is 0 Å². The van der Waals surface area contributed by atoms with Gasteiger partial charge >= 0.3 is 0 Å². The molecule has 1 aromatic carbocycles. The van der Waals surface area contributed by atoms with Gasteiger partial charge in [-0.15, -0.1) is 0 Å². The number of nitrogens with zero attached hydrogens (tertiary/aromatic N) is 1. The summed E-state index contributed by atoms with van der Waals surface area (Å²) in [5.41, 5.74) is 5.81. The molecule has 6 heteroatoms. The first-order valence-corrected chi connectivity index (χ1v) is 6.35. The first-order chi connectivity index (χ1) is 9.51. The summed E-state index contributed by atoms with van der Waals surface area (Å²) in [6, 6.07) is 3.84. The van der Waals surface area contributed by atoms with E-state index in [1.807, 2.05) is 6.92 Å². The SMILES string of the molecule is COCCN(C(=O)c1ccc(F)c(N)c1)C(C)COC. The Morgan fingerprint density at radius 3 is 2.65 bits per heavy atom. The van der Waals surface area contributed by atoms with Gasteiger partial charge in [0.05, 0.1) is 24.9 Å². The van der Waals surface area contributed by atoms with E-state index in [2.05, 4.69) is 0 Å².